The molecule has 8 heteroatoms. The Morgan fingerprint density at radius 1 is 1.28 bits per heavy atom. The molecule has 0 bridgehead atoms. The molecule has 0 atom stereocenters. The SMILES string of the molecule is O=C(CCc1cc2n(n1)CCN(CCN1CCCC1=O)C2)NCCO. The molecular formula is C17H27N5O3. The second kappa shape index (κ2) is 8.44. The van der Waals surface area contributed by atoms with Crippen molar-refractivity contribution < 1.29 is 14.7 Å². The van der Waals surface area contributed by atoms with E-state index in [1.165, 1.54) is 5.69 Å². The van der Waals surface area contributed by atoms with Crippen molar-refractivity contribution in [3.05, 3.63) is 17.5 Å². The summed E-state index contributed by atoms with van der Waals surface area (Å²) in [6, 6.07) is 2.08. The summed E-state index contributed by atoms with van der Waals surface area (Å²) in [5.41, 5.74) is 2.11. The fraction of sp³-hybridized carbons (Fsp3) is 0.706. The van der Waals surface area contributed by atoms with E-state index in [-0.39, 0.29) is 18.4 Å². The van der Waals surface area contributed by atoms with Crippen molar-refractivity contribution in [2.24, 2.45) is 0 Å². The van der Waals surface area contributed by atoms with E-state index in [0.717, 1.165) is 51.4 Å². The highest BCUT2D eigenvalue weighted by molar-refractivity contribution is 5.78. The van der Waals surface area contributed by atoms with E-state index in [2.05, 4.69) is 21.4 Å². The minimum atomic E-state index is -0.0584. The molecule has 1 aromatic heterocycles. The lowest BCUT2D eigenvalue weighted by Gasteiger charge is -2.29. The van der Waals surface area contributed by atoms with Gasteiger partial charge >= 0.3 is 0 Å². The zero-order valence-corrected chi connectivity index (χ0v) is 14.6. The van der Waals surface area contributed by atoms with Crippen LogP contribution in [0.4, 0.5) is 0 Å². The van der Waals surface area contributed by atoms with Gasteiger partial charge in [-0.2, -0.15) is 5.10 Å². The van der Waals surface area contributed by atoms with Crippen LogP contribution in [0.5, 0.6) is 0 Å². The van der Waals surface area contributed by atoms with Gasteiger partial charge in [0.25, 0.3) is 0 Å². The van der Waals surface area contributed by atoms with Gasteiger partial charge in [-0.15, -0.1) is 0 Å². The predicted octanol–water partition coefficient (Wildman–Crippen LogP) is -0.638. The average Bonchev–Trinajstić information content (AvgIpc) is 3.21. The molecule has 25 heavy (non-hydrogen) atoms. The summed E-state index contributed by atoms with van der Waals surface area (Å²) >= 11 is 0. The van der Waals surface area contributed by atoms with Gasteiger partial charge < -0.3 is 15.3 Å². The van der Waals surface area contributed by atoms with Crippen molar-refractivity contribution in [3.8, 4) is 0 Å². The first-order chi connectivity index (χ1) is 12.2. The minimum Gasteiger partial charge on any atom is -0.395 e. The van der Waals surface area contributed by atoms with E-state index >= 15 is 0 Å². The first-order valence-electron chi connectivity index (χ1n) is 9.09. The Hall–Kier alpha value is -1.93. The monoisotopic (exact) mass is 349 g/mol. The number of aliphatic hydroxyl groups excluding tert-OH is 1. The lowest BCUT2D eigenvalue weighted by Crippen LogP contribution is -2.40. The number of carbonyl (C=O) groups is 2. The van der Waals surface area contributed by atoms with Crippen LogP contribution in [0.1, 0.15) is 30.7 Å². The number of likely N-dealkylation sites (tertiary alicyclic amines) is 1. The van der Waals surface area contributed by atoms with Crippen LogP contribution in [0.3, 0.4) is 0 Å². The number of carbonyl (C=O) groups excluding carboxylic acids is 2. The molecule has 0 unspecified atom stereocenters. The zero-order chi connectivity index (χ0) is 17.6. The molecule has 3 rings (SSSR count). The van der Waals surface area contributed by atoms with E-state index in [1.807, 2.05) is 9.58 Å². The van der Waals surface area contributed by atoms with Crippen LogP contribution in [0, 0.1) is 0 Å². The molecule has 1 fully saturated rings. The number of fused-ring (bicyclic) bond motifs is 1. The van der Waals surface area contributed by atoms with Crippen molar-refractivity contribution in [1.29, 1.82) is 0 Å². The highest BCUT2D eigenvalue weighted by Gasteiger charge is 2.23. The Morgan fingerprint density at radius 3 is 2.92 bits per heavy atom. The molecule has 1 aromatic rings. The maximum absolute atomic E-state index is 11.7. The third kappa shape index (κ3) is 4.79. The van der Waals surface area contributed by atoms with E-state index in [0.29, 0.717) is 25.8 Å². The molecule has 0 aromatic carbocycles. The Kier molecular flexibility index (Phi) is 6.04. The number of hydrogen-bond donors (Lipinski definition) is 2. The largest absolute Gasteiger partial charge is 0.395 e. The van der Waals surface area contributed by atoms with Gasteiger partial charge in [0.1, 0.15) is 0 Å². The first-order valence-corrected chi connectivity index (χ1v) is 9.09. The number of hydrogen-bond acceptors (Lipinski definition) is 5. The third-order valence-electron chi connectivity index (χ3n) is 4.83. The van der Waals surface area contributed by atoms with Crippen LogP contribution in [0.25, 0.3) is 0 Å². The van der Waals surface area contributed by atoms with Crippen molar-refractivity contribution >= 4 is 11.8 Å². The fourth-order valence-corrected chi connectivity index (χ4v) is 3.42. The number of rotatable bonds is 8. The second-order valence-electron chi connectivity index (χ2n) is 6.68. The Bertz CT molecular complexity index is 615. The molecule has 3 heterocycles. The molecule has 1 saturated heterocycles. The van der Waals surface area contributed by atoms with Crippen LogP contribution in [0.2, 0.25) is 0 Å². The maximum Gasteiger partial charge on any atom is 0.222 e. The Labute approximate surface area is 147 Å². The summed E-state index contributed by atoms with van der Waals surface area (Å²) < 4.78 is 2.03. The van der Waals surface area contributed by atoms with Crippen molar-refractivity contribution in [3.63, 3.8) is 0 Å². The fourth-order valence-electron chi connectivity index (χ4n) is 3.42. The Balaban J connectivity index is 1.46. The smallest absolute Gasteiger partial charge is 0.222 e. The molecule has 2 amide bonds. The van der Waals surface area contributed by atoms with Crippen LogP contribution >= 0.6 is 0 Å². The highest BCUT2D eigenvalue weighted by atomic mass is 16.3. The lowest BCUT2D eigenvalue weighted by atomic mass is 10.2. The lowest BCUT2D eigenvalue weighted by molar-refractivity contribution is -0.128. The van der Waals surface area contributed by atoms with Gasteiger partial charge in [-0.25, -0.2) is 0 Å². The second-order valence-corrected chi connectivity index (χ2v) is 6.68. The molecule has 8 nitrogen and oxygen atoms in total. The summed E-state index contributed by atoms with van der Waals surface area (Å²) in [7, 11) is 0. The quantitative estimate of drug-likeness (QED) is 0.652. The Morgan fingerprint density at radius 2 is 2.16 bits per heavy atom. The van der Waals surface area contributed by atoms with Crippen LogP contribution < -0.4 is 5.32 Å². The average molecular weight is 349 g/mol. The van der Waals surface area contributed by atoms with Gasteiger partial charge in [0.05, 0.1) is 24.5 Å². The summed E-state index contributed by atoms with van der Waals surface area (Å²) in [6.45, 7) is 5.49. The van der Waals surface area contributed by atoms with Crippen molar-refractivity contribution in [2.75, 3.05) is 39.3 Å². The van der Waals surface area contributed by atoms with Crippen LogP contribution in [-0.4, -0.2) is 75.8 Å². The maximum atomic E-state index is 11.7. The zero-order valence-electron chi connectivity index (χ0n) is 14.6. The number of aliphatic hydroxyl groups is 1. The molecular weight excluding hydrogens is 322 g/mol. The number of amides is 2. The molecule has 0 aliphatic carbocycles. The molecule has 0 spiro atoms. The summed E-state index contributed by atoms with van der Waals surface area (Å²) in [4.78, 5) is 27.6. The highest BCUT2D eigenvalue weighted by Crippen LogP contribution is 2.15. The molecule has 0 saturated carbocycles. The minimum absolute atomic E-state index is 0.0383. The van der Waals surface area contributed by atoms with Gasteiger partial charge in [-0.05, 0) is 12.5 Å². The number of aryl methyl sites for hydroxylation is 1. The first kappa shape index (κ1) is 17.9. The van der Waals surface area contributed by atoms with E-state index in [9.17, 15) is 9.59 Å². The van der Waals surface area contributed by atoms with Gasteiger partial charge in [-0.3, -0.25) is 19.2 Å². The molecule has 138 valence electrons. The van der Waals surface area contributed by atoms with E-state index in [1.54, 1.807) is 0 Å². The van der Waals surface area contributed by atoms with Gasteiger partial charge in [0.2, 0.25) is 11.8 Å². The molecule has 2 N–H and O–H groups in total. The van der Waals surface area contributed by atoms with Gasteiger partial charge in [-0.1, -0.05) is 0 Å². The molecule has 0 radical (unpaired) electrons. The summed E-state index contributed by atoms with van der Waals surface area (Å²) in [5.74, 6) is 0.223. The number of nitrogens with zero attached hydrogens (tertiary/aromatic N) is 4. The molecule has 2 aliphatic heterocycles. The van der Waals surface area contributed by atoms with E-state index < -0.39 is 0 Å². The van der Waals surface area contributed by atoms with Crippen LogP contribution in [-0.2, 0) is 29.1 Å². The number of aromatic nitrogens is 2. The standard InChI is InChI=1S/C17H27N5O3/c23-11-5-18-16(24)4-3-14-12-15-13-20(8-10-22(15)19-14)7-9-21-6-1-2-17(21)25/h12,23H,1-11,13H2,(H,18,24). The predicted molar refractivity (Wildman–Crippen MR) is 91.7 cm³/mol. The topological polar surface area (TPSA) is 90.7 Å². The molecule has 2 aliphatic rings. The third-order valence-corrected chi connectivity index (χ3v) is 4.83. The van der Waals surface area contributed by atoms with Gasteiger partial charge in [0, 0.05) is 58.5 Å². The van der Waals surface area contributed by atoms with Crippen LogP contribution in [0.15, 0.2) is 6.07 Å². The summed E-state index contributed by atoms with van der Waals surface area (Å²) in [5, 5.41) is 15.9. The van der Waals surface area contributed by atoms with Crippen molar-refractivity contribution in [1.82, 2.24) is 24.9 Å². The normalized spacial score (nSPS) is 17.8. The number of nitrogens with one attached hydrogen (secondary N) is 1. The van der Waals surface area contributed by atoms with Crippen molar-refractivity contribution in [2.45, 2.75) is 38.8 Å². The van der Waals surface area contributed by atoms with Gasteiger partial charge in [0.15, 0.2) is 0 Å². The van der Waals surface area contributed by atoms with E-state index in [4.69, 9.17) is 5.11 Å². The summed E-state index contributed by atoms with van der Waals surface area (Å²) in [6.07, 6.45) is 2.68.